The van der Waals surface area contributed by atoms with Gasteiger partial charge in [0.1, 0.15) is 0 Å². The molecule has 0 N–H and O–H groups in total. The van der Waals surface area contributed by atoms with Crippen LogP contribution in [0.5, 0.6) is 0 Å². The van der Waals surface area contributed by atoms with E-state index in [0.29, 0.717) is 0 Å². The second-order valence-corrected chi connectivity index (χ2v) is 0. The summed E-state index contributed by atoms with van der Waals surface area (Å²) in [7, 11) is 0. The normalized spacial score (nSPS) is 0. The molecule has 0 aromatic heterocycles. The first kappa shape index (κ1) is 97.2. The van der Waals surface area contributed by atoms with E-state index in [1.165, 1.54) is 0 Å². The molecule has 4 heavy (non-hydrogen) atoms. The maximum absolute atomic E-state index is 0. The van der Waals surface area contributed by atoms with Crippen LogP contribution < -0.4 is 21.8 Å². The van der Waals surface area contributed by atoms with Crippen molar-refractivity contribution in [2.75, 3.05) is 0 Å². The standard InChI is InChI=1S/ClH.2FH.Ti/h3*1H;/q;;;+2/p-3. The van der Waals surface area contributed by atoms with Gasteiger partial charge >= 0.3 is 21.7 Å². The number of rotatable bonds is 0. The topological polar surface area (TPSA) is 0 Å². The smallest absolute Gasteiger partial charge is 1.00 e. The van der Waals surface area contributed by atoms with Gasteiger partial charge in [0.25, 0.3) is 0 Å². The molecule has 0 radical (unpaired) electrons. The largest absolute Gasteiger partial charge is 2.00 e. The summed E-state index contributed by atoms with van der Waals surface area (Å²) in [6, 6.07) is 0. The van der Waals surface area contributed by atoms with E-state index in [-0.39, 0.29) is 43.5 Å². The SMILES string of the molecule is [Cl-].[F-].[F-].[Ti+2]. The molecule has 0 nitrogen and oxygen atoms in total. The minimum atomic E-state index is 0. The zero-order valence-electron chi connectivity index (χ0n) is 1.63. The zero-order valence-corrected chi connectivity index (χ0v) is 3.95. The fourth-order valence-corrected chi connectivity index (χ4v) is 0. The van der Waals surface area contributed by atoms with Crippen molar-refractivity contribution in [2.45, 2.75) is 0 Å². The molecule has 0 aliphatic carbocycles. The van der Waals surface area contributed by atoms with Gasteiger partial charge in [-0.15, -0.1) is 0 Å². The molecular formula is ClF2Ti-. The number of hydrogen-bond acceptors (Lipinski definition) is 0. The molecule has 0 atom stereocenters. The number of hydrogen-bond donors (Lipinski definition) is 0. The van der Waals surface area contributed by atoms with Crippen LogP contribution in [0, 0.1) is 0 Å². The van der Waals surface area contributed by atoms with Gasteiger partial charge in [0.05, 0.1) is 0 Å². The van der Waals surface area contributed by atoms with Crippen LogP contribution in [0.4, 0.5) is 0 Å². The van der Waals surface area contributed by atoms with Crippen LogP contribution in [0.15, 0.2) is 0 Å². The first-order chi connectivity index (χ1) is 0. The van der Waals surface area contributed by atoms with Crippen molar-refractivity contribution < 1.29 is 43.5 Å². The molecule has 0 spiro atoms. The second kappa shape index (κ2) is 42.4. The molecule has 0 aliphatic heterocycles. The Bertz CT molecular complexity index is 6.00. The van der Waals surface area contributed by atoms with E-state index in [4.69, 9.17) is 0 Å². The van der Waals surface area contributed by atoms with Gasteiger partial charge in [-0.3, -0.25) is 0 Å². The molecular weight excluding hydrogens is 121 g/mol. The molecule has 0 aliphatic rings. The third-order valence-corrected chi connectivity index (χ3v) is 0. The van der Waals surface area contributed by atoms with Gasteiger partial charge in [0.2, 0.25) is 0 Å². The van der Waals surface area contributed by atoms with Crippen LogP contribution in [0.25, 0.3) is 0 Å². The summed E-state index contributed by atoms with van der Waals surface area (Å²) in [5.74, 6) is 0. The predicted octanol–water partition coefficient (Wildman–Crippen LogP) is -8.99. The molecule has 0 bridgehead atoms. The Kier molecular flexibility index (Phi) is 1030. The molecule has 0 aromatic carbocycles. The Labute approximate surface area is 44.0 Å². The van der Waals surface area contributed by atoms with E-state index in [9.17, 15) is 0 Å². The van der Waals surface area contributed by atoms with Crippen LogP contribution in [0.1, 0.15) is 0 Å². The van der Waals surface area contributed by atoms with Gasteiger partial charge < -0.3 is 21.8 Å². The number of halogens is 3. The second-order valence-electron chi connectivity index (χ2n) is 0. The molecule has 26 valence electrons. The van der Waals surface area contributed by atoms with E-state index in [1.807, 2.05) is 0 Å². The average molecular weight is 121 g/mol. The minimum absolute atomic E-state index is 0. The summed E-state index contributed by atoms with van der Waals surface area (Å²) < 4.78 is 0. The van der Waals surface area contributed by atoms with Crippen molar-refractivity contribution in [1.82, 2.24) is 0 Å². The van der Waals surface area contributed by atoms with Gasteiger partial charge in [0.15, 0.2) is 0 Å². The van der Waals surface area contributed by atoms with Crippen LogP contribution in [-0.4, -0.2) is 0 Å². The van der Waals surface area contributed by atoms with Crippen molar-refractivity contribution in [1.29, 1.82) is 0 Å². The Morgan fingerprint density at radius 2 is 0.750 bits per heavy atom. The Balaban J connectivity index is 0. The van der Waals surface area contributed by atoms with Crippen LogP contribution in [0.2, 0.25) is 0 Å². The van der Waals surface area contributed by atoms with Crippen molar-refractivity contribution in [3.8, 4) is 0 Å². The van der Waals surface area contributed by atoms with Crippen LogP contribution in [-0.2, 0) is 21.7 Å². The third kappa shape index (κ3) is 13.3. The van der Waals surface area contributed by atoms with Gasteiger partial charge in [-0.05, 0) is 0 Å². The van der Waals surface area contributed by atoms with E-state index in [1.54, 1.807) is 0 Å². The molecule has 0 aromatic rings. The summed E-state index contributed by atoms with van der Waals surface area (Å²) in [6.45, 7) is 0. The first-order valence-electron chi connectivity index (χ1n) is 0. The Morgan fingerprint density at radius 1 is 0.750 bits per heavy atom. The zero-order chi connectivity index (χ0) is 0. The molecule has 0 rings (SSSR count). The fraction of sp³-hybridized carbons (Fsp3) is 0. The van der Waals surface area contributed by atoms with Crippen molar-refractivity contribution in [3.05, 3.63) is 0 Å². The summed E-state index contributed by atoms with van der Waals surface area (Å²) >= 11 is 0. The maximum Gasteiger partial charge on any atom is 2.00 e. The predicted molar refractivity (Wildman–Crippen MR) is 0 cm³/mol. The molecule has 0 unspecified atom stereocenters. The van der Waals surface area contributed by atoms with Gasteiger partial charge in [-0.2, -0.15) is 0 Å². The van der Waals surface area contributed by atoms with Crippen LogP contribution >= 0.6 is 0 Å². The summed E-state index contributed by atoms with van der Waals surface area (Å²) in [4.78, 5) is 0. The summed E-state index contributed by atoms with van der Waals surface area (Å²) in [5.41, 5.74) is 0. The van der Waals surface area contributed by atoms with E-state index >= 15 is 0 Å². The van der Waals surface area contributed by atoms with Crippen molar-refractivity contribution in [3.63, 3.8) is 0 Å². The third-order valence-electron chi connectivity index (χ3n) is 0. The van der Waals surface area contributed by atoms with E-state index in [0.717, 1.165) is 0 Å². The molecule has 0 fully saturated rings. The van der Waals surface area contributed by atoms with Crippen molar-refractivity contribution in [2.24, 2.45) is 0 Å². The van der Waals surface area contributed by atoms with Gasteiger partial charge in [-0.25, -0.2) is 0 Å². The monoisotopic (exact) mass is 121 g/mol. The molecule has 4 heteroatoms. The van der Waals surface area contributed by atoms with Gasteiger partial charge in [-0.1, -0.05) is 0 Å². The van der Waals surface area contributed by atoms with E-state index in [2.05, 4.69) is 0 Å². The van der Waals surface area contributed by atoms with Crippen LogP contribution in [0.3, 0.4) is 0 Å². The van der Waals surface area contributed by atoms with E-state index < -0.39 is 0 Å². The minimum Gasteiger partial charge on any atom is -1.00 e. The molecule has 0 amide bonds. The van der Waals surface area contributed by atoms with Crippen molar-refractivity contribution >= 4 is 0 Å². The maximum atomic E-state index is 0. The fourth-order valence-electron chi connectivity index (χ4n) is 0. The molecule has 0 saturated heterocycles. The summed E-state index contributed by atoms with van der Waals surface area (Å²) in [6.07, 6.45) is 0. The van der Waals surface area contributed by atoms with Gasteiger partial charge in [0, 0.05) is 0 Å². The Hall–Kier alpha value is 0.864. The average Bonchev–Trinajstić information content (AvgIpc) is 0. The molecule has 0 heterocycles. The Morgan fingerprint density at radius 3 is 0.750 bits per heavy atom. The quantitative estimate of drug-likeness (QED) is 0.279. The summed E-state index contributed by atoms with van der Waals surface area (Å²) in [5, 5.41) is 0. The molecule has 0 saturated carbocycles. The first-order valence-corrected chi connectivity index (χ1v) is 0.